The first-order valence-electron chi connectivity index (χ1n) is 9.35. The fraction of sp³-hybridized carbons (Fsp3) is 0.136. The molecule has 0 radical (unpaired) electrons. The Bertz CT molecular complexity index is 1230. The van der Waals surface area contributed by atoms with E-state index in [2.05, 4.69) is 15.3 Å². The molecule has 0 bridgehead atoms. The number of ether oxygens (including phenoxy) is 2. The Morgan fingerprint density at radius 1 is 1.07 bits per heavy atom. The van der Waals surface area contributed by atoms with E-state index in [0.29, 0.717) is 28.8 Å². The van der Waals surface area contributed by atoms with Gasteiger partial charge in [-0.1, -0.05) is 30.0 Å². The van der Waals surface area contributed by atoms with E-state index in [1.54, 1.807) is 30.5 Å². The van der Waals surface area contributed by atoms with Crippen molar-refractivity contribution in [2.75, 3.05) is 12.1 Å². The molecule has 2 aromatic carbocycles. The summed E-state index contributed by atoms with van der Waals surface area (Å²) in [4.78, 5) is 22.0. The van der Waals surface area contributed by atoms with Crippen molar-refractivity contribution in [2.24, 2.45) is 0 Å². The monoisotopic (exact) mass is 419 g/mol. The van der Waals surface area contributed by atoms with Crippen molar-refractivity contribution in [1.82, 2.24) is 9.97 Å². The number of carbonyl (C=O) groups excluding carboxylic acids is 1. The van der Waals surface area contributed by atoms with Gasteiger partial charge in [0.25, 0.3) is 0 Å². The lowest BCUT2D eigenvalue weighted by Crippen LogP contribution is -2.22. The molecule has 4 aromatic rings. The number of nitrogens with one attached hydrogen (secondary N) is 1. The first-order chi connectivity index (χ1) is 14.7. The van der Waals surface area contributed by atoms with E-state index < -0.39 is 5.25 Å². The number of thioether (sulfide) groups is 1. The fourth-order valence-corrected chi connectivity index (χ4v) is 4.03. The third-order valence-electron chi connectivity index (χ3n) is 4.61. The van der Waals surface area contributed by atoms with Crippen LogP contribution in [-0.2, 0) is 4.79 Å². The SMILES string of the molecule is CC(Sc1nc(-c2ccco2)nc2ccccc12)C(=O)Nc1ccc2c(c1)OCO2. The summed E-state index contributed by atoms with van der Waals surface area (Å²) in [6.45, 7) is 2.04. The molecule has 1 unspecified atom stereocenters. The van der Waals surface area contributed by atoms with E-state index in [1.807, 2.05) is 37.3 Å². The van der Waals surface area contributed by atoms with Crippen LogP contribution in [0.5, 0.6) is 11.5 Å². The van der Waals surface area contributed by atoms with E-state index >= 15 is 0 Å². The van der Waals surface area contributed by atoms with Gasteiger partial charge in [0.05, 0.1) is 17.0 Å². The Hall–Kier alpha value is -3.52. The third-order valence-corrected chi connectivity index (χ3v) is 5.71. The average molecular weight is 419 g/mol. The van der Waals surface area contributed by atoms with Crippen LogP contribution in [0.15, 0.2) is 70.3 Å². The zero-order valence-corrected chi connectivity index (χ0v) is 16.8. The van der Waals surface area contributed by atoms with Gasteiger partial charge >= 0.3 is 0 Å². The second kappa shape index (κ2) is 7.72. The van der Waals surface area contributed by atoms with Crippen LogP contribution in [0, 0.1) is 0 Å². The summed E-state index contributed by atoms with van der Waals surface area (Å²) in [5, 5.41) is 4.15. The lowest BCUT2D eigenvalue weighted by molar-refractivity contribution is -0.115. The summed E-state index contributed by atoms with van der Waals surface area (Å²) >= 11 is 1.38. The molecule has 1 aliphatic heterocycles. The molecule has 1 atom stereocenters. The highest BCUT2D eigenvalue weighted by Crippen LogP contribution is 2.35. The smallest absolute Gasteiger partial charge is 0.237 e. The highest BCUT2D eigenvalue weighted by atomic mass is 32.2. The molecular formula is C22H17N3O4S. The molecule has 0 saturated carbocycles. The van der Waals surface area contributed by atoms with Crippen LogP contribution >= 0.6 is 11.8 Å². The maximum Gasteiger partial charge on any atom is 0.237 e. The predicted molar refractivity (Wildman–Crippen MR) is 114 cm³/mol. The predicted octanol–water partition coefficient (Wildman–Crippen LogP) is 4.74. The van der Waals surface area contributed by atoms with E-state index in [-0.39, 0.29) is 12.7 Å². The molecule has 30 heavy (non-hydrogen) atoms. The first-order valence-corrected chi connectivity index (χ1v) is 10.2. The molecule has 0 saturated heterocycles. The lowest BCUT2D eigenvalue weighted by atomic mass is 10.2. The zero-order valence-electron chi connectivity index (χ0n) is 16.0. The van der Waals surface area contributed by atoms with Crippen LogP contribution in [0.25, 0.3) is 22.5 Å². The zero-order chi connectivity index (χ0) is 20.5. The second-order valence-electron chi connectivity index (χ2n) is 6.66. The van der Waals surface area contributed by atoms with Crippen molar-refractivity contribution in [3.63, 3.8) is 0 Å². The van der Waals surface area contributed by atoms with Gasteiger partial charge in [-0.25, -0.2) is 9.97 Å². The molecule has 0 spiro atoms. The normalized spacial score (nSPS) is 13.4. The number of aromatic nitrogens is 2. The molecule has 1 aliphatic rings. The molecule has 2 aromatic heterocycles. The Kier molecular flexibility index (Phi) is 4.76. The quantitative estimate of drug-likeness (QED) is 0.369. The Balaban J connectivity index is 1.39. The average Bonchev–Trinajstić information content (AvgIpc) is 3.45. The Morgan fingerprint density at radius 2 is 1.93 bits per heavy atom. The van der Waals surface area contributed by atoms with Gasteiger partial charge in [-0.3, -0.25) is 4.79 Å². The number of amides is 1. The van der Waals surface area contributed by atoms with E-state index in [0.717, 1.165) is 15.9 Å². The first kappa shape index (κ1) is 18.5. The van der Waals surface area contributed by atoms with Crippen LogP contribution in [0.4, 0.5) is 5.69 Å². The third kappa shape index (κ3) is 3.57. The van der Waals surface area contributed by atoms with Crippen LogP contribution < -0.4 is 14.8 Å². The number of rotatable bonds is 5. The van der Waals surface area contributed by atoms with E-state index in [4.69, 9.17) is 13.9 Å². The van der Waals surface area contributed by atoms with Gasteiger partial charge in [0.2, 0.25) is 12.7 Å². The minimum Gasteiger partial charge on any atom is -0.461 e. The molecule has 5 rings (SSSR count). The van der Waals surface area contributed by atoms with Crippen molar-refractivity contribution in [3.05, 3.63) is 60.9 Å². The van der Waals surface area contributed by atoms with Crippen molar-refractivity contribution in [2.45, 2.75) is 17.2 Å². The van der Waals surface area contributed by atoms with Crippen LogP contribution in [0.1, 0.15) is 6.92 Å². The standard InChI is InChI=1S/C22H17N3O4S/c1-13(21(26)23-14-8-9-17-19(11-14)29-12-28-17)30-22-15-5-2-3-6-16(15)24-20(25-22)18-7-4-10-27-18/h2-11,13H,12H2,1H3,(H,23,26). The number of nitrogens with zero attached hydrogens (tertiary/aromatic N) is 2. The molecule has 0 aliphatic carbocycles. The number of para-hydroxylation sites is 1. The summed E-state index contributed by atoms with van der Waals surface area (Å²) in [5.74, 6) is 2.23. The van der Waals surface area contributed by atoms with Crippen molar-refractivity contribution < 1.29 is 18.7 Å². The summed E-state index contributed by atoms with van der Waals surface area (Å²) in [6.07, 6.45) is 1.59. The summed E-state index contributed by atoms with van der Waals surface area (Å²) in [5.41, 5.74) is 1.45. The largest absolute Gasteiger partial charge is 0.461 e. The van der Waals surface area contributed by atoms with Crippen molar-refractivity contribution >= 4 is 34.3 Å². The number of carbonyl (C=O) groups is 1. The van der Waals surface area contributed by atoms with Crippen LogP contribution in [-0.4, -0.2) is 27.9 Å². The molecule has 1 N–H and O–H groups in total. The molecule has 7 nitrogen and oxygen atoms in total. The molecule has 0 fully saturated rings. The number of hydrogen-bond acceptors (Lipinski definition) is 7. The summed E-state index contributed by atoms with van der Waals surface area (Å²) < 4.78 is 16.1. The van der Waals surface area contributed by atoms with Gasteiger partial charge in [-0.15, -0.1) is 0 Å². The lowest BCUT2D eigenvalue weighted by Gasteiger charge is -2.13. The van der Waals surface area contributed by atoms with E-state index in [1.165, 1.54) is 11.8 Å². The molecular weight excluding hydrogens is 402 g/mol. The van der Waals surface area contributed by atoms with Gasteiger partial charge in [0.15, 0.2) is 23.1 Å². The van der Waals surface area contributed by atoms with Gasteiger partial charge in [0.1, 0.15) is 5.03 Å². The molecule has 150 valence electrons. The second-order valence-corrected chi connectivity index (χ2v) is 7.99. The van der Waals surface area contributed by atoms with Gasteiger partial charge < -0.3 is 19.2 Å². The maximum atomic E-state index is 12.8. The van der Waals surface area contributed by atoms with E-state index in [9.17, 15) is 4.79 Å². The summed E-state index contributed by atoms with van der Waals surface area (Å²) in [6, 6.07) is 16.7. The minimum absolute atomic E-state index is 0.138. The molecule has 3 heterocycles. The Morgan fingerprint density at radius 3 is 2.80 bits per heavy atom. The van der Waals surface area contributed by atoms with Crippen molar-refractivity contribution in [1.29, 1.82) is 0 Å². The maximum absolute atomic E-state index is 12.8. The molecule has 1 amide bonds. The number of benzene rings is 2. The van der Waals surface area contributed by atoms with Crippen LogP contribution in [0.2, 0.25) is 0 Å². The number of fused-ring (bicyclic) bond motifs is 2. The minimum atomic E-state index is -0.391. The number of furan rings is 1. The van der Waals surface area contributed by atoms with Crippen LogP contribution in [0.3, 0.4) is 0 Å². The highest BCUT2D eigenvalue weighted by Gasteiger charge is 2.20. The Labute approximate surface area is 176 Å². The highest BCUT2D eigenvalue weighted by molar-refractivity contribution is 8.00. The van der Waals surface area contributed by atoms with Gasteiger partial charge in [-0.2, -0.15) is 0 Å². The van der Waals surface area contributed by atoms with Crippen molar-refractivity contribution in [3.8, 4) is 23.1 Å². The molecule has 8 heteroatoms. The topological polar surface area (TPSA) is 86.5 Å². The summed E-state index contributed by atoms with van der Waals surface area (Å²) in [7, 11) is 0. The van der Waals surface area contributed by atoms with Gasteiger partial charge in [-0.05, 0) is 37.3 Å². The number of anilines is 1. The van der Waals surface area contributed by atoms with Gasteiger partial charge in [0, 0.05) is 17.1 Å². The fourth-order valence-electron chi connectivity index (χ4n) is 3.09. The number of hydrogen-bond donors (Lipinski definition) is 1.